The number of urea groups is 1. The highest BCUT2D eigenvalue weighted by Gasteiger charge is 2.28. The number of nitrogens with zero attached hydrogens (tertiary/aromatic N) is 1. The lowest BCUT2D eigenvalue weighted by Crippen LogP contribution is -2.37. The quantitative estimate of drug-likeness (QED) is 0.665. The van der Waals surface area contributed by atoms with Crippen LogP contribution in [-0.4, -0.2) is 29.4 Å². The van der Waals surface area contributed by atoms with Gasteiger partial charge in [-0.1, -0.05) is 12.1 Å². The van der Waals surface area contributed by atoms with Gasteiger partial charge in [0.05, 0.1) is 6.54 Å². The van der Waals surface area contributed by atoms with E-state index in [1.807, 2.05) is 36.8 Å². The van der Waals surface area contributed by atoms with Gasteiger partial charge in [0.25, 0.3) is 0 Å². The van der Waals surface area contributed by atoms with Crippen molar-refractivity contribution in [2.45, 2.75) is 56.9 Å². The number of nitrogens with one attached hydrogen (secondary N) is 3. The van der Waals surface area contributed by atoms with Gasteiger partial charge < -0.3 is 16.0 Å². The average molecular weight is 419 g/mol. The first kappa shape index (κ1) is 19.9. The second-order valence-corrected chi connectivity index (χ2v) is 9.20. The third-order valence-corrected chi connectivity index (χ3v) is 6.78. The number of hydrogen-bond acceptors (Lipinski definition) is 3. The molecule has 6 heteroatoms. The number of benzene rings is 1. The second kappa shape index (κ2) is 8.61. The summed E-state index contributed by atoms with van der Waals surface area (Å²) in [7, 11) is 0. The maximum absolute atomic E-state index is 12.6. The molecule has 0 unspecified atom stereocenters. The highest BCUT2D eigenvalue weighted by Crippen LogP contribution is 2.35. The van der Waals surface area contributed by atoms with Crippen molar-refractivity contribution in [1.82, 2.24) is 15.5 Å². The third-order valence-electron chi connectivity index (χ3n) is 6.78. The van der Waals surface area contributed by atoms with E-state index in [0.717, 1.165) is 42.5 Å². The van der Waals surface area contributed by atoms with Gasteiger partial charge in [-0.25, -0.2) is 4.79 Å². The van der Waals surface area contributed by atoms with Gasteiger partial charge in [-0.2, -0.15) is 0 Å². The van der Waals surface area contributed by atoms with E-state index < -0.39 is 0 Å². The van der Waals surface area contributed by atoms with Crippen LogP contribution >= 0.6 is 0 Å². The Hall–Kier alpha value is -3.02. The van der Waals surface area contributed by atoms with Crippen molar-refractivity contribution < 1.29 is 9.59 Å². The molecule has 0 radical (unpaired) electrons. The molecule has 162 valence electrons. The number of dihydropyridines is 1. The molecule has 6 nitrogen and oxygen atoms in total. The van der Waals surface area contributed by atoms with E-state index in [1.54, 1.807) is 4.90 Å². The largest absolute Gasteiger partial charge is 0.367 e. The summed E-state index contributed by atoms with van der Waals surface area (Å²) >= 11 is 0. The molecule has 2 heterocycles. The Morgan fingerprint density at radius 1 is 1.03 bits per heavy atom. The Morgan fingerprint density at radius 3 is 2.52 bits per heavy atom. The second-order valence-electron chi connectivity index (χ2n) is 9.20. The van der Waals surface area contributed by atoms with Crippen LogP contribution in [-0.2, 0) is 4.79 Å². The average Bonchev–Trinajstić information content (AvgIpc) is 3.48. The van der Waals surface area contributed by atoms with Gasteiger partial charge in [-0.05, 0) is 85.3 Å². The van der Waals surface area contributed by atoms with Crippen molar-refractivity contribution in [2.75, 3.05) is 11.9 Å². The molecule has 0 aromatic heterocycles. The smallest absolute Gasteiger partial charge is 0.326 e. The molecule has 31 heavy (non-hydrogen) atoms. The Labute approximate surface area is 183 Å². The van der Waals surface area contributed by atoms with Gasteiger partial charge in [-0.3, -0.25) is 9.69 Å². The first-order valence-corrected chi connectivity index (χ1v) is 11.4. The SMILES string of the molecule is O=C(CC1CC1)NC1CCC(c2ccc(NC(=O)N3C=C4C=CNC=C4C3)cc2)CC1. The van der Waals surface area contributed by atoms with Crippen molar-refractivity contribution in [3.05, 3.63) is 65.7 Å². The topological polar surface area (TPSA) is 73.5 Å². The maximum atomic E-state index is 12.6. The summed E-state index contributed by atoms with van der Waals surface area (Å²) in [6, 6.07) is 8.46. The Bertz CT molecular complexity index is 935. The van der Waals surface area contributed by atoms with Crippen LogP contribution in [0.25, 0.3) is 0 Å². The van der Waals surface area contributed by atoms with Crippen molar-refractivity contribution in [1.29, 1.82) is 0 Å². The van der Waals surface area contributed by atoms with Crippen molar-refractivity contribution in [3.63, 3.8) is 0 Å². The van der Waals surface area contributed by atoms with E-state index in [-0.39, 0.29) is 11.9 Å². The molecule has 5 rings (SSSR count). The van der Waals surface area contributed by atoms with Gasteiger partial charge in [-0.15, -0.1) is 0 Å². The molecule has 1 aromatic carbocycles. The summed E-state index contributed by atoms with van der Waals surface area (Å²) in [5.74, 6) is 1.41. The first-order valence-electron chi connectivity index (χ1n) is 11.4. The van der Waals surface area contributed by atoms with Crippen molar-refractivity contribution >= 4 is 17.6 Å². The molecule has 4 aliphatic rings. The molecule has 3 amide bonds. The fraction of sp³-hybridized carbons (Fsp3) is 0.440. The van der Waals surface area contributed by atoms with Crippen LogP contribution in [0.5, 0.6) is 0 Å². The van der Waals surface area contributed by atoms with Crippen LogP contribution in [0, 0.1) is 5.92 Å². The van der Waals surface area contributed by atoms with Gasteiger partial charge in [0.2, 0.25) is 5.91 Å². The zero-order valence-electron chi connectivity index (χ0n) is 17.8. The van der Waals surface area contributed by atoms with Crippen molar-refractivity contribution in [3.8, 4) is 0 Å². The fourth-order valence-electron chi connectivity index (χ4n) is 4.74. The van der Waals surface area contributed by atoms with E-state index in [0.29, 0.717) is 30.8 Å². The predicted molar refractivity (Wildman–Crippen MR) is 121 cm³/mol. The molecule has 3 N–H and O–H groups in total. The number of carbonyl (C=O) groups excluding carboxylic acids is 2. The number of amides is 3. The van der Waals surface area contributed by atoms with E-state index >= 15 is 0 Å². The summed E-state index contributed by atoms with van der Waals surface area (Å²) in [5, 5.41) is 9.29. The molecule has 0 atom stereocenters. The van der Waals surface area contributed by atoms with Crippen LogP contribution in [0.4, 0.5) is 10.5 Å². The minimum Gasteiger partial charge on any atom is -0.367 e. The normalized spacial score (nSPS) is 24.6. The summed E-state index contributed by atoms with van der Waals surface area (Å²) in [6.45, 7) is 0.580. The van der Waals surface area contributed by atoms with Crippen LogP contribution in [0.1, 0.15) is 56.4 Å². The summed E-state index contributed by atoms with van der Waals surface area (Å²) in [6.07, 6.45) is 15.1. The van der Waals surface area contributed by atoms with Crippen molar-refractivity contribution in [2.24, 2.45) is 5.92 Å². The number of hydrogen-bond donors (Lipinski definition) is 3. The Balaban J connectivity index is 1.10. The molecular formula is C25H30N4O2. The first-order chi connectivity index (χ1) is 15.1. The number of carbonyl (C=O) groups is 2. The Kier molecular flexibility index (Phi) is 5.53. The number of allylic oxidation sites excluding steroid dienone is 1. The molecule has 1 aromatic rings. The number of anilines is 1. The lowest BCUT2D eigenvalue weighted by molar-refractivity contribution is -0.122. The molecule has 0 saturated heterocycles. The van der Waals surface area contributed by atoms with Crippen LogP contribution in [0.2, 0.25) is 0 Å². The van der Waals surface area contributed by atoms with Gasteiger partial charge in [0.15, 0.2) is 0 Å². The zero-order valence-corrected chi connectivity index (χ0v) is 17.8. The predicted octanol–water partition coefficient (Wildman–Crippen LogP) is 4.36. The highest BCUT2D eigenvalue weighted by molar-refractivity contribution is 5.91. The summed E-state index contributed by atoms with van der Waals surface area (Å²) < 4.78 is 0. The van der Waals surface area contributed by atoms with Gasteiger partial charge in [0, 0.05) is 36.7 Å². The minimum atomic E-state index is -0.119. The Morgan fingerprint density at radius 2 is 1.81 bits per heavy atom. The van der Waals surface area contributed by atoms with Crippen LogP contribution in [0.3, 0.4) is 0 Å². The highest BCUT2D eigenvalue weighted by atomic mass is 16.2. The minimum absolute atomic E-state index is 0.119. The van der Waals surface area contributed by atoms with E-state index in [1.165, 1.54) is 18.4 Å². The summed E-state index contributed by atoms with van der Waals surface area (Å²) in [5.41, 5.74) is 4.32. The molecule has 2 saturated carbocycles. The molecule has 0 bridgehead atoms. The monoisotopic (exact) mass is 418 g/mol. The van der Waals surface area contributed by atoms with E-state index in [2.05, 4.69) is 28.1 Å². The fourth-order valence-corrected chi connectivity index (χ4v) is 4.74. The number of fused-ring (bicyclic) bond motifs is 1. The van der Waals surface area contributed by atoms with Crippen LogP contribution in [0.15, 0.2) is 60.1 Å². The van der Waals surface area contributed by atoms with Gasteiger partial charge in [0.1, 0.15) is 0 Å². The van der Waals surface area contributed by atoms with Gasteiger partial charge >= 0.3 is 6.03 Å². The standard InChI is InChI=1S/C25H30N4O2/c30-24(13-17-1-2-17)27-22-7-3-18(4-8-22)19-5-9-23(10-6-19)28-25(31)29-15-20-11-12-26-14-21(20)16-29/h5-6,9-12,14-15,17-18,22,26H,1-4,7-8,13,16H2,(H,27,30)(H,28,31). The third kappa shape index (κ3) is 4.84. The van der Waals surface area contributed by atoms with E-state index in [4.69, 9.17) is 0 Å². The van der Waals surface area contributed by atoms with E-state index in [9.17, 15) is 9.59 Å². The molecule has 2 aliphatic heterocycles. The maximum Gasteiger partial charge on any atom is 0.326 e. The zero-order chi connectivity index (χ0) is 21.2. The molecular weight excluding hydrogens is 388 g/mol. The molecule has 0 spiro atoms. The summed E-state index contributed by atoms with van der Waals surface area (Å²) in [4.78, 5) is 26.3. The van der Waals surface area contributed by atoms with Crippen LogP contribution < -0.4 is 16.0 Å². The molecule has 2 fully saturated rings. The number of rotatable bonds is 5. The lowest BCUT2D eigenvalue weighted by Gasteiger charge is -2.29. The lowest BCUT2D eigenvalue weighted by atomic mass is 9.81. The molecule has 2 aliphatic carbocycles.